The minimum atomic E-state index is -0.127. The third kappa shape index (κ3) is 4.31. The number of ether oxygens (including phenoxy) is 1. The van der Waals surface area contributed by atoms with Crippen LogP contribution in [0.15, 0.2) is 72.9 Å². The number of fused-ring (bicyclic) bond motifs is 1. The molecule has 0 saturated carbocycles. The van der Waals surface area contributed by atoms with Crippen LogP contribution >= 0.6 is 11.6 Å². The highest BCUT2D eigenvalue weighted by molar-refractivity contribution is 6.30. The monoisotopic (exact) mass is 419 g/mol. The molecule has 1 atom stereocenters. The zero-order valence-corrected chi connectivity index (χ0v) is 17.6. The minimum Gasteiger partial charge on any atom is -0.497 e. The average Bonchev–Trinajstić information content (AvgIpc) is 3.17. The lowest BCUT2D eigenvalue weighted by Gasteiger charge is -2.15. The van der Waals surface area contributed by atoms with Gasteiger partial charge in [-0.15, -0.1) is 0 Å². The quantitative estimate of drug-likeness (QED) is 0.465. The van der Waals surface area contributed by atoms with Crippen molar-refractivity contribution in [2.45, 2.75) is 19.5 Å². The van der Waals surface area contributed by atoms with E-state index >= 15 is 0 Å². The SMILES string of the molecule is COc1ccc([C@@H](C)NC(=O)c2ccc3cnn(Cc4ccc(Cl)cc4)c3c2)cc1. The second-order valence-electron chi connectivity index (χ2n) is 7.17. The fourth-order valence-corrected chi connectivity index (χ4v) is 3.48. The first-order valence-electron chi connectivity index (χ1n) is 9.68. The van der Waals surface area contributed by atoms with Crippen molar-refractivity contribution in [1.82, 2.24) is 15.1 Å². The predicted molar refractivity (Wildman–Crippen MR) is 119 cm³/mol. The van der Waals surface area contributed by atoms with E-state index in [1.165, 1.54) is 0 Å². The van der Waals surface area contributed by atoms with Crippen LogP contribution in [-0.4, -0.2) is 22.8 Å². The van der Waals surface area contributed by atoms with Gasteiger partial charge in [0.15, 0.2) is 0 Å². The van der Waals surface area contributed by atoms with Gasteiger partial charge in [0.05, 0.1) is 31.4 Å². The molecule has 0 spiro atoms. The topological polar surface area (TPSA) is 56.1 Å². The van der Waals surface area contributed by atoms with Crippen LogP contribution < -0.4 is 10.1 Å². The summed E-state index contributed by atoms with van der Waals surface area (Å²) >= 11 is 5.97. The van der Waals surface area contributed by atoms with E-state index in [0.717, 1.165) is 27.8 Å². The van der Waals surface area contributed by atoms with Gasteiger partial charge in [-0.1, -0.05) is 41.9 Å². The number of halogens is 1. The molecule has 4 rings (SSSR count). The number of carbonyl (C=O) groups is 1. The van der Waals surface area contributed by atoms with Crippen molar-refractivity contribution in [3.63, 3.8) is 0 Å². The maximum atomic E-state index is 12.8. The number of amides is 1. The van der Waals surface area contributed by atoms with Gasteiger partial charge in [0.25, 0.3) is 5.91 Å². The van der Waals surface area contributed by atoms with Gasteiger partial charge in [-0.2, -0.15) is 5.10 Å². The molecule has 0 aliphatic rings. The Morgan fingerprint density at radius 2 is 1.83 bits per heavy atom. The van der Waals surface area contributed by atoms with Gasteiger partial charge in [-0.3, -0.25) is 9.48 Å². The Balaban J connectivity index is 1.53. The minimum absolute atomic E-state index is 0.125. The van der Waals surface area contributed by atoms with Crippen molar-refractivity contribution < 1.29 is 9.53 Å². The lowest BCUT2D eigenvalue weighted by Crippen LogP contribution is -2.26. The zero-order valence-electron chi connectivity index (χ0n) is 16.8. The Hall–Kier alpha value is -3.31. The van der Waals surface area contributed by atoms with Crippen molar-refractivity contribution >= 4 is 28.4 Å². The molecule has 0 saturated heterocycles. The highest BCUT2D eigenvalue weighted by Crippen LogP contribution is 2.20. The molecule has 152 valence electrons. The van der Waals surface area contributed by atoms with Crippen molar-refractivity contribution in [3.8, 4) is 5.75 Å². The van der Waals surface area contributed by atoms with Crippen molar-refractivity contribution in [2.24, 2.45) is 0 Å². The normalized spacial score (nSPS) is 12.0. The van der Waals surface area contributed by atoms with E-state index in [-0.39, 0.29) is 11.9 Å². The van der Waals surface area contributed by atoms with Gasteiger partial charge in [-0.25, -0.2) is 0 Å². The third-order valence-electron chi connectivity index (χ3n) is 5.12. The summed E-state index contributed by atoms with van der Waals surface area (Å²) in [7, 11) is 1.63. The van der Waals surface area contributed by atoms with Crippen molar-refractivity contribution in [1.29, 1.82) is 0 Å². The molecule has 1 aromatic heterocycles. The highest BCUT2D eigenvalue weighted by Gasteiger charge is 2.14. The van der Waals surface area contributed by atoms with Crippen LogP contribution in [0.5, 0.6) is 5.75 Å². The zero-order chi connectivity index (χ0) is 21.1. The Morgan fingerprint density at radius 3 is 2.53 bits per heavy atom. The number of nitrogens with one attached hydrogen (secondary N) is 1. The molecule has 1 heterocycles. The average molecular weight is 420 g/mol. The molecular weight excluding hydrogens is 398 g/mol. The molecule has 1 N–H and O–H groups in total. The standard InChI is InChI=1S/C24H22ClN3O2/c1-16(18-7-11-22(30-2)12-8-18)27-24(29)19-5-6-20-14-26-28(23(20)13-19)15-17-3-9-21(25)10-4-17/h3-14,16H,15H2,1-2H3,(H,27,29)/t16-/m1/s1. The number of rotatable bonds is 6. The van der Waals surface area contributed by atoms with Crippen LogP contribution in [0.4, 0.5) is 0 Å². The molecule has 0 fully saturated rings. The molecule has 0 aliphatic heterocycles. The largest absolute Gasteiger partial charge is 0.497 e. The summed E-state index contributed by atoms with van der Waals surface area (Å²) in [6.45, 7) is 2.57. The van der Waals surface area contributed by atoms with E-state index in [1.807, 2.05) is 84.5 Å². The van der Waals surface area contributed by atoms with E-state index in [1.54, 1.807) is 7.11 Å². The van der Waals surface area contributed by atoms with Crippen LogP contribution in [0.2, 0.25) is 5.02 Å². The van der Waals surface area contributed by atoms with E-state index < -0.39 is 0 Å². The van der Waals surface area contributed by atoms with Crippen molar-refractivity contribution in [3.05, 3.63) is 94.6 Å². The molecule has 0 unspecified atom stereocenters. The highest BCUT2D eigenvalue weighted by atomic mass is 35.5. The number of hydrogen-bond acceptors (Lipinski definition) is 3. The van der Waals surface area contributed by atoms with Gasteiger partial charge in [0.1, 0.15) is 5.75 Å². The molecule has 0 bridgehead atoms. The first-order chi connectivity index (χ1) is 14.5. The number of benzene rings is 3. The second-order valence-corrected chi connectivity index (χ2v) is 7.61. The summed E-state index contributed by atoms with van der Waals surface area (Å²) in [5, 5.41) is 9.23. The number of hydrogen-bond donors (Lipinski definition) is 1. The van der Waals surface area contributed by atoms with E-state index in [0.29, 0.717) is 17.1 Å². The molecular formula is C24H22ClN3O2. The maximum absolute atomic E-state index is 12.8. The van der Waals surface area contributed by atoms with Crippen LogP contribution in [0, 0.1) is 0 Å². The van der Waals surface area contributed by atoms with E-state index in [4.69, 9.17) is 16.3 Å². The Kier molecular flexibility index (Phi) is 5.72. The number of aromatic nitrogens is 2. The summed E-state index contributed by atoms with van der Waals surface area (Å²) in [5.74, 6) is 0.663. The van der Waals surface area contributed by atoms with E-state index in [9.17, 15) is 4.79 Å². The molecule has 4 aromatic rings. The Morgan fingerprint density at radius 1 is 1.10 bits per heavy atom. The Bertz CT molecular complexity index is 1170. The summed E-state index contributed by atoms with van der Waals surface area (Å²) in [6.07, 6.45) is 1.81. The van der Waals surface area contributed by atoms with Crippen molar-refractivity contribution in [2.75, 3.05) is 7.11 Å². The van der Waals surface area contributed by atoms with Gasteiger partial charge in [0, 0.05) is 16.0 Å². The molecule has 0 radical (unpaired) electrons. The van der Waals surface area contributed by atoms with Crippen LogP contribution in [0.25, 0.3) is 10.9 Å². The molecule has 5 nitrogen and oxygen atoms in total. The van der Waals surface area contributed by atoms with Crippen LogP contribution in [0.1, 0.15) is 34.5 Å². The lowest BCUT2D eigenvalue weighted by molar-refractivity contribution is 0.0940. The summed E-state index contributed by atoms with van der Waals surface area (Å²) in [4.78, 5) is 12.8. The van der Waals surface area contributed by atoms with Gasteiger partial charge >= 0.3 is 0 Å². The summed E-state index contributed by atoms with van der Waals surface area (Å²) in [5.41, 5.74) is 3.61. The fraction of sp³-hybridized carbons (Fsp3) is 0.167. The Labute approximate surface area is 180 Å². The summed E-state index contributed by atoms with van der Waals surface area (Å²) < 4.78 is 7.08. The third-order valence-corrected chi connectivity index (χ3v) is 5.37. The predicted octanol–water partition coefficient (Wildman–Crippen LogP) is 5.24. The first kappa shape index (κ1) is 20.0. The second kappa shape index (κ2) is 8.59. The van der Waals surface area contributed by atoms with Gasteiger partial charge in [-0.05, 0) is 54.4 Å². The van der Waals surface area contributed by atoms with Crippen LogP contribution in [0.3, 0.4) is 0 Å². The van der Waals surface area contributed by atoms with E-state index in [2.05, 4.69) is 10.4 Å². The number of carbonyl (C=O) groups excluding carboxylic acids is 1. The van der Waals surface area contributed by atoms with Gasteiger partial charge in [0.2, 0.25) is 0 Å². The molecule has 6 heteroatoms. The van der Waals surface area contributed by atoms with Gasteiger partial charge < -0.3 is 10.1 Å². The fourth-order valence-electron chi connectivity index (χ4n) is 3.36. The number of methoxy groups -OCH3 is 1. The molecule has 30 heavy (non-hydrogen) atoms. The lowest BCUT2D eigenvalue weighted by atomic mass is 10.1. The summed E-state index contributed by atoms with van der Waals surface area (Å²) in [6, 6.07) is 20.9. The maximum Gasteiger partial charge on any atom is 0.251 e. The first-order valence-corrected chi connectivity index (χ1v) is 10.1. The number of nitrogens with zero attached hydrogens (tertiary/aromatic N) is 2. The van der Waals surface area contributed by atoms with Crippen LogP contribution in [-0.2, 0) is 6.54 Å². The molecule has 0 aliphatic carbocycles. The molecule has 1 amide bonds. The smallest absolute Gasteiger partial charge is 0.251 e. The molecule has 3 aromatic carbocycles.